The van der Waals surface area contributed by atoms with E-state index in [0.717, 1.165) is 34.2 Å². The predicted octanol–water partition coefficient (Wildman–Crippen LogP) is 16.5. The summed E-state index contributed by atoms with van der Waals surface area (Å²) in [7, 11) is 0. The second kappa shape index (κ2) is 28.5. The quantitative estimate of drug-likeness (QED) is 0.151. The van der Waals surface area contributed by atoms with E-state index in [1.165, 1.54) is 60.5 Å². The van der Waals surface area contributed by atoms with Gasteiger partial charge in [0.15, 0.2) is 0 Å². The first-order chi connectivity index (χ1) is 31.1. The molecule has 0 saturated heterocycles. The average Bonchev–Trinajstić information content (AvgIpc) is 4.18. The summed E-state index contributed by atoms with van der Waals surface area (Å²) in [5, 5.41) is 6.28. The Morgan fingerprint density at radius 1 is 0.508 bits per heavy atom. The number of hydrogen-bond donors (Lipinski definition) is 0. The molecule has 0 unspecified atom stereocenters. The van der Waals surface area contributed by atoms with Crippen LogP contribution in [0.25, 0.3) is 11.1 Å². The molecule has 3 aromatic carbocycles. The molecule has 1 aliphatic rings. The first kappa shape index (κ1) is 53.1. The Morgan fingerprint density at radius 3 is 1.45 bits per heavy atom. The summed E-state index contributed by atoms with van der Waals surface area (Å²) in [6.45, 7) is 28.7. The summed E-state index contributed by atoms with van der Waals surface area (Å²) in [5.41, 5.74) is 18.0. The molecule has 65 heavy (non-hydrogen) atoms. The highest BCUT2D eigenvalue weighted by Gasteiger charge is 2.23. The van der Waals surface area contributed by atoms with E-state index in [0.29, 0.717) is 5.92 Å². The van der Waals surface area contributed by atoms with Crippen LogP contribution in [0.1, 0.15) is 96.5 Å². The molecule has 6 aromatic heterocycles. The maximum absolute atomic E-state index is 4.83. The van der Waals surface area contributed by atoms with E-state index in [9.17, 15) is 0 Å². The van der Waals surface area contributed by atoms with Crippen molar-refractivity contribution in [2.45, 2.75) is 103 Å². The van der Waals surface area contributed by atoms with Crippen molar-refractivity contribution < 1.29 is 8.83 Å². The number of fused-ring (bicyclic) bond motifs is 3. The largest absolute Gasteiger partial charge is 0.472 e. The van der Waals surface area contributed by atoms with Crippen LogP contribution in [0.4, 0.5) is 0 Å². The molecule has 6 nitrogen and oxygen atoms in total. The molecular formula is C57H68N4O2S2. The number of benzene rings is 3. The Balaban J connectivity index is 0.000000201. The second-order valence-corrected chi connectivity index (χ2v) is 17.7. The Bertz CT molecular complexity index is 2380. The van der Waals surface area contributed by atoms with Gasteiger partial charge in [0.2, 0.25) is 0 Å². The molecule has 0 bridgehead atoms. The van der Waals surface area contributed by atoms with Crippen LogP contribution in [0.2, 0.25) is 0 Å². The molecule has 0 amide bonds. The number of hydrogen-bond acceptors (Lipinski definition) is 8. The van der Waals surface area contributed by atoms with Gasteiger partial charge in [-0.1, -0.05) is 79.7 Å². The number of nitrogens with zero attached hydrogens (tertiary/aromatic N) is 4. The van der Waals surface area contributed by atoms with Gasteiger partial charge < -0.3 is 8.83 Å². The van der Waals surface area contributed by atoms with Crippen LogP contribution in [0.15, 0.2) is 159 Å². The van der Waals surface area contributed by atoms with E-state index in [-0.39, 0.29) is 0 Å². The highest BCUT2D eigenvalue weighted by Crippen LogP contribution is 2.43. The number of furan rings is 2. The van der Waals surface area contributed by atoms with Gasteiger partial charge in [-0.05, 0) is 198 Å². The molecule has 0 N–H and O–H groups in total. The lowest BCUT2D eigenvalue weighted by Gasteiger charge is -2.04. The lowest BCUT2D eigenvalue weighted by molar-refractivity contribution is 0.534. The fraction of sp³-hybridized carbons (Fsp3) is 0.263. The van der Waals surface area contributed by atoms with E-state index in [1.54, 1.807) is 47.8 Å². The molecule has 0 aliphatic heterocycles. The molecule has 8 heteroatoms. The third-order valence-electron chi connectivity index (χ3n) is 10.6. The minimum absolute atomic E-state index is 0.558. The normalized spacial score (nSPS) is 10.2. The lowest BCUT2D eigenvalue weighted by atomic mass is 10.00. The number of rotatable bonds is 0. The van der Waals surface area contributed by atoms with Crippen LogP contribution in [0.5, 0.6) is 0 Å². The van der Waals surface area contributed by atoms with Gasteiger partial charge in [0, 0.05) is 34.1 Å². The fourth-order valence-corrected chi connectivity index (χ4v) is 7.19. The first-order valence-corrected chi connectivity index (χ1v) is 23.6. The molecule has 0 saturated carbocycles. The molecule has 10 rings (SSSR count). The van der Waals surface area contributed by atoms with E-state index in [1.807, 2.05) is 79.8 Å². The maximum Gasteiger partial charge on any atom is 0.125 e. The van der Waals surface area contributed by atoms with Crippen molar-refractivity contribution >= 4 is 22.7 Å². The summed E-state index contributed by atoms with van der Waals surface area (Å²) in [6.07, 6.45) is 8.47. The zero-order valence-corrected chi connectivity index (χ0v) is 42.6. The van der Waals surface area contributed by atoms with Crippen molar-refractivity contribution in [3.63, 3.8) is 0 Å². The van der Waals surface area contributed by atoms with Crippen molar-refractivity contribution in [2.24, 2.45) is 0 Å². The molecule has 0 fully saturated rings. The van der Waals surface area contributed by atoms with Gasteiger partial charge in [-0.25, -0.2) is 19.9 Å². The topological polar surface area (TPSA) is 77.8 Å². The SMILES string of the molecule is CC1c2ccccc2-c2ccccc21.Cc1cccc(C)c1C.Cc1ccco1.Cc1cccs1.Cc1ccoc1.Cc1ccsc1.Cc1ncc(C)c(C)n1.Cc1ncnc(C)c1C. The highest BCUT2D eigenvalue weighted by atomic mass is 32.1. The second-order valence-electron chi connectivity index (χ2n) is 15.8. The van der Waals surface area contributed by atoms with Crippen LogP contribution in [0, 0.1) is 90.0 Å². The molecule has 0 radical (unpaired) electrons. The minimum Gasteiger partial charge on any atom is -0.472 e. The number of aryl methyl sites for hydroxylation is 11. The van der Waals surface area contributed by atoms with E-state index >= 15 is 0 Å². The Kier molecular flexibility index (Phi) is 23.3. The van der Waals surface area contributed by atoms with E-state index < -0.39 is 0 Å². The smallest absolute Gasteiger partial charge is 0.125 e. The van der Waals surface area contributed by atoms with Gasteiger partial charge in [0.05, 0.1) is 18.8 Å². The Labute approximate surface area is 397 Å². The van der Waals surface area contributed by atoms with Gasteiger partial charge in [-0.3, -0.25) is 0 Å². The van der Waals surface area contributed by atoms with Crippen molar-refractivity contribution in [1.29, 1.82) is 0 Å². The van der Waals surface area contributed by atoms with Gasteiger partial charge in [0.25, 0.3) is 0 Å². The molecule has 1 aliphatic carbocycles. The van der Waals surface area contributed by atoms with Gasteiger partial charge in [0.1, 0.15) is 17.9 Å². The van der Waals surface area contributed by atoms with Gasteiger partial charge in [-0.2, -0.15) is 11.3 Å². The number of thiophene rings is 2. The van der Waals surface area contributed by atoms with Crippen LogP contribution >= 0.6 is 22.7 Å². The standard InChI is InChI=1S/C14H12.C9H12.2C7H10N2.2C5H6O.2C5H6S/c1-10-11-6-2-4-8-13(11)14-9-5-3-7-12(10)14;1-7-5-4-6-8(2)9(7)3;1-5-6(2)8-4-9-7(5)3;1-5-4-8-7(3)9-6(5)2;1-5-2-3-6-4-5;1-5-3-2-4-6-5;1-5-2-3-6-4-5;1-5-3-2-4-6-5/h2-10H,1H3;4-6H,1-3H3;2*4H,1-3H3;4*2-4H,1H3. The third-order valence-corrected chi connectivity index (χ3v) is 12.2. The van der Waals surface area contributed by atoms with Crippen molar-refractivity contribution in [2.75, 3.05) is 0 Å². The summed E-state index contributed by atoms with van der Waals surface area (Å²) in [6, 6.07) is 35.7. The van der Waals surface area contributed by atoms with E-state index in [2.05, 4.69) is 163 Å². The van der Waals surface area contributed by atoms with Crippen molar-refractivity contribution in [3.05, 3.63) is 234 Å². The molecule has 6 heterocycles. The first-order valence-electron chi connectivity index (χ1n) is 21.8. The fourth-order valence-electron chi connectivity index (χ4n) is 5.99. The monoisotopic (exact) mass is 904 g/mol. The van der Waals surface area contributed by atoms with E-state index in [4.69, 9.17) is 8.83 Å². The van der Waals surface area contributed by atoms with Crippen LogP contribution in [-0.4, -0.2) is 19.9 Å². The van der Waals surface area contributed by atoms with Crippen LogP contribution < -0.4 is 0 Å². The van der Waals surface area contributed by atoms with Gasteiger partial charge >= 0.3 is 0 Å². The summed E-state index contributed by atoms with van der Waals surface area (Å²) in [4.78, 5) is 17.6. The minimum atomic E-state index is 0.558. The predicted molar refractivity (Wildman–Crippen MR) is 278 cm³/mol. The molecule has 0 atom stereocenters. The van der Waals surface area contributed by atoms with Crippen LogP contribution in [0.3, 0.4) is 0 Å². The zero-order valence-electron chi connectivity index (χ0n) is 40.9. The van der Waals surface area contributed by atoms with Gasteiger partial charge in [-0.15, -0.1) is 11.3 Å². The van der Waals surface area contributed by atoms with Crippen molar-refractivity contribution in [3.8, 4) is 11.1 Å². The summed E-state index contributed by atoms with van der Waals surface area (Å²) in [5.74, 6) is 2.37. The maximum atomic E-state index is 4.83. The van der Waals surface area contributed by atoms with Crippen LogP contribution in [-0.2, 0) is 0 Å². The molecule has 340 valence electrons. The third kappa shape index (κ3) is 19.2. The molecule has 0 spiro atoms. The summed E-state index contributed by atoms with van der Waals surface area (Å²) < 4.78 is 9.55. The molecular weight excluding hydrogens is 837 g/mol. The lowest BCUT2D eigenvalue weighted by Crippen LogP contribution is -1.92. The number of aromatic nitrogens is 4. The highest BCUT2D eigenvalue weighted by molar-refractivity contribution is 7.09. The summed E-state index contributed by atoms with van der Waals surface area (Å²) >= 11 is 3.52. The molecule has 9 aromatic rings. The Hall–Kier alpha value is -6.22. The Morgan fingerprint density at radius 2 is 1.12 bits per heavy atom. The zero-order chi connectivity index (χ0) is 47.7. The van der Waals surface area contributed by atoms with Crippen molar-refractivity contribution in [1.82, 2.24) is 19.9 Å². The average molecular weight is 905 g/mol.